The van der Waals surface area contributed by atoms with Crippen molar-refractivity contribution in [1.29, 1.82) is 0 Å². The number of nitrogens with zero attached hydrogens (tertiary/aromatic N) is 2. The van der Waals surface area contributed by atoms with E-state index < -0.39 is 18.0 Å². The predicted molar refractivity (Wildman–Crippen MR) is 127 cm³/mol. The van der Waals surface area contributed by atoms with E-state index in [0.717, 1.165) is 10.9 Å². The molecule has 190 valence electrons. The summed E-state index contributed by atoms with van der Waals surface area (Å²) in [7, 11) is 4.53. The third-order valence-electron chi connectivity index (χ3n) is 8.14. The van der Waals surface area contributed by atoms with Gasteiger partial charge in [0.15, 0.2) is 0 Å². The minimum absolute atomic E-state index is 0.00300. The molecule has 0 aromatic rings. The van der Waals surface area contributed by atoms with Crippen molar-refractivity contribution in [2.24, 2.45) is 17.8 Å². The minimum Gasteiger partial charge on any atom is -0.543 e. The number of quaternary nitrogens is 1. The number of carbonyl (C=O) groups excluding carboxylic acids is 3. The van der Waals surface area contributed by atoms with Crippen molar-refractivity contribution in [2.45, 2.75) is 63.0 Å². The van der Waals surface area contributed by atoms with Crippen molar-refractivity contribution in [3.63, 3.8) is 0 Å². The van der Waals surface area contributed by atoms with Gasteiger partial charge in [-0.2, -0.15) is 0 Å². The second kappa shape index (κ2) is 9.79. The first kappa shape index (κ1) is 25.5. The number of piperidine rings is 1. The molecule has 4 rings (SSSR count). The van der Waals surface area contributed by atoms with Crippen LogP contribution in [0.3, 0.4) is 0 Å². The second-order valence-corrected chi connectivity index (χ2v) is 12.4. The SMILES string of the molecule is C[C@@H](O)[C@H]1C(=O)N2C(C(=O)[O-])=C(S[C@@H]3CN[C@H](C(=O)NCCC4CC[N+](C)(C)CC4)C3)[C@H](C)[C@H]12. The summed E-state index contributed by atoms with van der Waals surface area (Å²) in [5.41, 5.74) is -0.0633. The van der Waals surface area contributed by atoms with Crippen LogP contribution in [0.15, 0.2) is 10.6 Å². The van der Waals surface area contributed by atoms with Gasteiger partial charge >= 0.3 is 0 Å². The van der Waals surface area contributed by atoms with E-state index in [1.54, 1.807) is 6.92 Å². The van der Waals surface area contributed by atoms with Crippen LogP contribution in [0.2, 0.25) is 0 Å². The van der Waals surface area contributed by atoms with Gasteiger partial charge in [-0.15, -0.1) is 11.8 Å². The Morgan fingerprint density at radius 2 is 2.00 bits per heavy atom. The van der Waals surface area contributed by atoms with E-state index in [1.165, 1.54) is 42.6 Å². The number of hydrogen-bond donors (Lipinski definition) is 3. The number of aliphatic hydroxyl groups excluding tert-OH is 1. The molecule has 3 fully saturated rings. The molecule has 4 aliphatic heterocycles. The normalized spacial score (nSPS) is 34.1. The summed E-state index contributed by atoms with van der Waals surface area (Å²) in [6, 6.07) is -0.646. The standard InChI is InChI=1S/C24H38N4O5S/c1-13-19-18(14(2)29)23(31)27(19)20(24(32)33)21(13)34-16-11-17(26-12-16)22(30)25-8-5-15-6-9-28(3,4)10-7-15/h13-19,26,29H,5-12H2,1-4H3,(H-,25,30,32,33)/t13-,14-,16+,17+,18-,19-/m1/s1. The minimum atomic E-state index is -1.36. The van der Waals surface area contributed by atoms with Gasteiger partial charge < -0.3 is 35.0 Å². The van der Waals surface area contributed by atoms with Crippen LogP contribution in [-0.2, 0) is 14.4 Å². The topological polar surface area (TPSA) is 122 Å². The number of likely N-dealkylation sites (tertiary alicyclic amines) is 1. The van der Waals surface area contributed by atoms with Crippen molar-refractivity contribution in [3.8, 4) is 0 Å². The first-order chi connectivity index (χ1) is 16.0. The predicted octanol–water partition coefficient (Wildman–Crippen LogP) is -0.738. The molecule has 3 N–H and O–H groups in total. The summed E-state index contributed by atoms with van der Waals surface area (Å²) in [5.74, 6) is -1.83. The van der Waals surface area contributed by atoms with Gasteiger partial charge in [0.1, 0.15) is 0 Å². The Kier molecular flexibility index (Phi) is 7.34. The number of nitrogens with one attached hydrogen (secondary N) is 2. The summed E-state index contributed by atoms with van der Waals surface area (Å²) in [4.78, 5) is 39.0. The van der Waals surface area contributed by atoms with Crippen molar-refractivity contribution in [2.75, 3.05) is 40.3 Å². The number of carboxylic acid groups (broad SMARTS) is 1. The lowest BCUT2D eigenvalue weighted by atomic mass is 9.79. The molecule has 9 nitrogen and oxygen atoms in total. The Morgan fingerprint density at radius 1 is 1.32 bits per heavy atom. The Morgan fingerprint density at radius 3 is 2.62 bits per heavy atom. The Bertz CT molecular complexity index is 865. The van der Waals surface area contributed by atoms with Crippen LogP contribution in [0.25, 0.3) is 0 Å². The first-order valence-electron chi connectivity index (χ1n) is 12.5. The zero-order valence-corrected chi connectivity index (χ0v) is 21.4. The number of thioether (sulfide) groups is 1. The molecule has 6 atom stereocenters. The third kappa shape index (κ3) is 4.87. The van der Waals surface area contributed by atoms with E-state index in [0.29, 0.717) is 30.3 Å². The van der Waals surface area contributed by atoms with E-state index in [9.17, 15) is 24.6 Å². The largest absolute Gasteiger partial charge is 0.543 e. The third-order valence-corrected chi connectivity index (χ3v) is 9.65. The molecular weight excluding hydrogens is 456 g/mol. The average Bonchev–Trinajstić information content (AvgIpc) is 3.31. The van der Waals surface area contributed by atoms with E-state index in [1.807, 2.05) is 6.92 Å². The van der Waals surface area contributed by atoms with E-state index in [4.69, 9.17) is 0 Å². The van der Waals surface area contributed by atoms with Crippen LogP contribution in [-0.4, -0.2) is 96.0 Å². The van der Waals surface area contributed by atoms with Gasteiger partial charge in [0.05, 0.1) is 63.0 Å². The summed E-state index contributed by atoms with van der Waals surface area (Å²) in [6.45, 7) is 7.11. The molecule has 0 unspecified atom stereocenters. The van der Waals surface area contributed by atoms with E-state index in [-0.39, 0.29) is 40.8 Å². The smallest absolute Gasteiger partial charge is 0.237 e. The molecule has 0 aliphatic carbocycles. The number of amides is 2. The highest BCUT2D eigenvalue weighted by atomic mass is 32.2. The first-order valence-corrected chi connectivity index (χ1v) is 13.3. The number of aliphatic carboxylic acids is 1. The maximum absolute atomic E-state index is 12.7. The fraction of sp³-hybridized carbons (Fsp3) is 0.792. The van der Waals surface area contributed by atoms with Crippen molar-refractivity contribution >= 4 is 29.5 Å². The summed E-state index contributed by atoms with van der Waals surface area (Å²) >= 11 is 1.43. The molecule has 0 spiro atoms. The molecular formula is C24H38N4O5S. The number of rotatable bonds is 8. The monoisotopic (exact) mass is 494 g/mol. The Labute approximate surface area is 205 Å². The number of carboxylic acids is 1. The highest BCUT2D eigenvalue weighted by Crippen LogP contribution is 2.51. The van der Waals surface area contributed by atoms with Crippen LogP contribution in [0, 0.1) is 17.8 Å². The van der Waals surface area contributed by atoms with E-state index in [2.05, 4.69) is 24.7 Å². The molecule has 34 heavy (non-hydrogen) atoms. The highest BCUT2D eigenvalue weighted by molar-refractivity contribution is 8.03. The maximum atomic E-state index is 12.7. The zero-order chi connectivity index (χ0) is 24.8. The summed E-state index contributed by atoms with van der Waals surface area (Å²) < 4.78 is 1.08. The highest BCUT2D eigenvalue weighted by Gasteiger charge is 2.59. The molecule has 0 aromatic carbocycles. The number of fused-ring (bicyclic) bond motifs is 1. The number of carbonyl (C=O) groups is 3. The number of hydrogen-bond acceptors (Lipinski definition) is 7. The van der Waals surface area contributed by atoms with Crippen LogP contribution in [0.4, 0.5) is 0 Å². The van der Waals surface area contributed by atoms with Gasteiger partial charge in [-0.25, -0.2) is 0 Å². The number of β-lactam (4-membered cyclic amide) rings is 1. The van der Waals surface area contributed by atoms with Gasteiger partial charge in [0.25, 0.3) is 0 Å². The quantitative estimate of drug-likeness (QED) is 0.300. The fourth-order valence-electron chi connectivity index (χ4n) is 5.97. The summed E-state index contributed by atoms with van der Waals surface area (Å²) in [5, 5.41) is 28.2. The maximum Gasteiger partial charge on any atom is 0.237 e. The van der Waals surface area contributed by atoms with Crippen LogP contribution in [0.5, 0.6) is 0 Å². The van der Waals surface area contributed by atoms with Crippen molar-refractivity contribution in [3.05, 3.63) is 10.6 Å². The molecule has 10 heteroatoms. The fourth-order valence-corrected chi connectivity index (χ4v) is 7.45. The van der Waals surface area contributed by atoms with E-state index >= 15 is 0 Å². The molecule has 0 radical (unpaired) electrons. The molecule has 2 amide bonds. The van der Waals surface area contributed by atoms with Gasteiger partial charge in [-0.1, -0.05) is 6.92 Å². The van der Waals surface area contributed by atoms with Crippen LogP contribution >= 0.6 is 11.8 Å². The lowest BCUT2D eigenvalue weighted by molar-refractivity contribution is -0.896. The molecule has 4 heterocycles. The average molecular weight is 495 g/mol. The molecule has 3 saturated heterocycles. The Balaban J connectivity index is 1.28. The zero-order valence-electron chi connectivity index (χ0n) is 20.6. The van der Waals surface area contributed by atoms with Gasteiger partial charge in [0.2, 0.25) is 11.8 Å². The lowest BCUT2D eigenvalue weighted by Gasteiger charge is -2.47. The van der Waals surface area contributed by atoms with Crippen molar-refractivity contribution < 1.29 is 29.1 Å². The molecule has 0 saturated carbocycles. The Hall–Kier alpha value is -1.62. The number of aliphatic hydroxyl groups is 1. The van der Waals surface area contributed by atoms with Gasteiger partial charge in [-0.05, 0) is 38.5 Å². The van der Waals surface area contributed by atoms with Crippen LogP contribution in [0.1, 0.15) is 39.5 Å². The molecule has 4 aliphatic rings. The van der Waals surface area contributed by atoms with Gasteiger partial charge in [-0.3, -0.25) is 9.59 Å². The lowest BCUT2D eigenvalue weighted by Crippen LogP contribution is -2.64. The van der Waals surface area contributed by atoms with Crippen LogP contribution < -0.4 is 15.7 Å². The van der Waals surface area contributed by atoms with Gasteiger partial charge in [0, 0.05) is 29.2 Å². The summed E-state index contributed by atoms with van der Waals surface area (Å²) in [6.07, 6.45) is 3.18. The van der Waals surface area contributed by atoms with Crippen molar-refractivity contribution in [1.82, 2.24) is 15.5 Å². The molecule has 0 aromatic heterocycles. The second-order valence-electron chi connectivity index (χ2n) is 11.1. The molecule has 0 bridgehead atoms.